The summed E-state index contributed by atoms with van der Waals surface area (Å²) in [5, 5.41) is 5.40. The van der Waals surface area contributed by atoms with Crippen LogP contribution in [0.1, 0.15) is 47.2 Å². The van der Waals surface area contributed by atoms with Crippen LogP contribution in [0.25, 0.3) is 27.5 Å². The molecule has 1 unspecified atom stereocenters. The molecule has 1 aliphatic carbocycles. The van der Waals surface area contributed by atoms with Crippen molar-refractivity contribution in [2.75, 3.05) is 0 Å². The lowest BCUT2D eigenvalue weighted by atomic mass is 9.53. The van der Waals surface area contributed by atoms with Crippen molar-refractivity contribution in [2.45, 2.75) is 24.7 Å². The number of hydrogen-bond acceptors (Lipinski definition) is 1. The Hall–Kier alpha value is -5.27. The Kier molecular flexibility index (Phi) is 5.93. The fourth-order valence-electron chi connectivity index (χ4n) is 9.25. The number of rotatable bonds is 3. The second-order valence-electron chi connectivity index (χ2n) is 14.0. The molecule has 8 aromatic rings. The average molecular weight is 649 g/mol. The Balaban J connectivity index is 1.40. The minimum Gasteiger partial charge on any atom is -0.309 e. The van der Waals surface area contributed by atoms with Gasteiger partial charge in [0.1, 0.15) is 15.9 Å². The Morgan fingerprint density at radius 1 is 0.449 bits per heavy atom. The largest absolute Gasteiger partial charge is 0.309 e. The number of aromatic nitrogens is 1. The standard InChI is InChI=1S/C46H35NOP/c1-45(2)36-22-10-11-23-38(36)46(39-24-12-14-27-43(39)47-42-26-13-9-20-34(42)35-21-15-25-40(46)44(35)47)41-30-33(28-29-37(41)45)49(48,31-16-5-3-6-17-31)32-18-7-4-8-19-32/h3-30,48H,1-2H3/q+1. The second-order valence-corrected chi connectivity index (χ2v) is 16.8. The van der Waals surface area contributed by atoms with E-state index in [0.29, 0.717) is 0 Å². The van der Waals surface area contributed by atoms with Crippen molar-refractivity contribution in [3.63, 3.8) is 0 Å². The monoisotopic (exact) mass is 648 g/mol. The number of para-hydroxylation sites is 3. The molecule has 0 saturated carbocycles. The second kappa shape index (κ2) is 10.1. The molecule has 234 valence electrons. The summed E-state index contributed by atoms with van der Waals surface area (Å²) in [6.45, 7) is 4.72. The maximum atomic E-state index is 13.2. The summed E-state index contributed by atoms with van der Waals surface area (Å²) < 4.78 is 2.49. The van der Waals surface area contributed by atoms with E-state index in [-0.39, 0.29) is 5.41 Å². The van der Waals surface area contributed by atoms with Gasteiger partial charge in [0.05, 0.1) is 22.1 Å². The molecule has 1 aliphatic heterocycles. The topological polar surface area (TPSA) is 25.2 Å². The van der Waals surface area contributed by atoms with Crippen molar-refractivity contribution in [1.82, 2.24) is 4.57 Å². The SMILES string of the molecule is CC1(C)c2ccccc2C2(c3ccccc3-n3c4ccccc4c4cccc2c43)c2cc([P+](O)(c3ccccc3)c3ccccc3)ccc21. The molecule has 7 aromatic carbocycles. The molecule has 0 amide bonds. The molecule has 2 nitrogen and oxygen atoms in total. The van der Waals surface area contributed by atoms with Crippen LogP contribution in [0.4, 0.5) is 0 Å². The minimum atomic E-state index is -3.00. The first-order valence-electron chi connectivity index (χ1n) is 17.1. The van der Waals surface area contributed by atoms with Gasteiger partial charge < -0.3 is 4.57 Å². The molecule has 3 heteroatoms. The summed E-state index contributed by atoms with van der Waals surface area (Å²) in [6.07, 6.45) is 0. The van der Waals surface area contributed by atoms with E-state index >= 15 is 0 Å². The lowest BCUT2D eigenvalue weighted by Gasteiger charge is -2.50. The first-order valence-corrected chi connectivity index (χ1v) is 18.8. The van der Waals surface area contributed by atoms with Gasteiger partial charge in [-0.05, 0) is 81.9 Å². The molecule has 1 atom stereocenters. The third-order valence-electron chi connectivity index (χ3n) is 11.4. The third kappa shape index (κ3) is 3.58. The maximum Gasteiger partial charge on any atom is 0.238 e. The molecule has 0 bridgehead atoms. The molecule has 1 aromatic heterocycles. The summed E-state index contributed by atoms with van der Waals surface area (Å²) >= 11 is 0. The van der Waals surface area contributed by atoms with Crippen molar-refractivity contribution < 1.29 is 4.89 Å². The van der Waals surface area contributed by atoms with Crippen LogP contribution < -0.4 is 15.9 Å². The summed E-state index contributed by atoms with van der Waals surface area (Å²) in [7, 11) is -3.00. The smallest absolute Gasteiger partial charge is 0.238 e. The highest BCUT2D eigenvalue weighted by Gasteiger charge is 2.54. The lowest BCUT2D eigenvalue weighted by Crippen LogP contribution is -2.45. The summed E-state index contributed by atoms with van der Waals surface area (Å²) in [5.41, 5.74) is 10.5. The first-order chi connectivity index (χ1) is 24.0. The molecule has 1 N–H and O–H groups in total. The predicted molar refractivity (Wildman–Crippen MR) is 206 cm³/mol. The van der Waals surface area contributed by atoms with E-state index < -0.39 is 12.9 Å². The van der Waals surface area contributed by atoms with Crippen LogP contribution in [0.3, 0.4) is 0 Å². The minimum absolute atomic E-state index is 0.265. The van der Waals surface area contributed by atoms with Crippen LogP contribution in [0, 0.1) is 0 Å². The predicted octanol–water partition coefficient (Wildman–Crippen LogP) is 9.32. The van der Waals surface area contributed by atoms with Crippen LogP contribution >= 0.6 is 7.49 Å². The van der Waals surface area contributed by atoms with E-state index in [1.54, 1.807) is 0 Å². The number of fused-ring (bicyclic) bond motifs is 11. The molecule has 2 heterocycles. The zero-order valence-electron chi connectivity index (χ0n) is 27.5. The van der Waals surface area contributed by atoms with E-state index in [2.05, 4.69) is 152 Å². The highest BCUT2D eigenvalue weighted by molar-refractivity contribution is 7.91. The Morgan fingerprint density at radius 2 is 1.00 bits per heavy atom. The van der Waals surface area contributed by atoms with E-state index in [0.717, 1.165) is 15.9 Å². The van der Waals surface area contributed by atoms with Gasteiger partial charge in [-0.1, -0.05) is 135 Å². The molecule has 1 spiro atoms. The van der Waals surface area contributed by atoms with Gasteiger partial charge in [-0.2, -0.15) is 0 Å². The zero-order chi connectivity index (χ0) is 33.0. The third-order valence-corrected chi connectivity index (χ3v) is 14.5. The average Bonchev–Trinajstić information content (AvgIpc) is 3.50. The quantitative estimate of drug-likeness (QED) is 0.190. The molecular formula is C46H35NOP+. The number of nitrogens with zero attached hydrogens (tertiary/aromatic N) is 1. The van der Waals surface area contributed by atoms with Crippen molar-refractivity contribution in [2.24, 2.45) is 0 Å². The molecule has 49 heavy (non-hydrogen) atoms. The number of hydrogen-bond donors (Lipinski definition) is 1. The van der Waals surface area contributed by atoms with Crippen LogP contribution in [0.5, 0.6) is 0 Å². The highest BCUT2D eigenvalue weighted by Crippen LogP contribution is 2.61. The lowest BCUT2D eigenvalue weighted by molar-refractivity contribution is 0.556. The molecule has 0 saturated heterocycles. The summed E-state index contributed by atoms with van der Waals surface area (Å²) in [6, 6.07) is 61.3. The van der Waals surface area contributed by atoms with Gasteiger partial charge in [-0.25, -0.2) is 4.89 Å². The van der Waals surface area contributed by atoms with E-state index in [4.69, 9.17) is 0 Å². The van der Waals surface area contributed by atoms with Crippen molar-refractivity contribution in [3.05, 3.63) is 203 Å². The summed E-state index contributed by atoms with van der Waals surface area (Å²) in [5.74, 6) is 0. The normalized spacial score (nSPS) is 17.1. The van der Waals surface area contributed by atoms with Gasteiger partial charge in [0.2, 0.25) is 7.49 Å². The van der Waals surface area contributed by atoms with Crippen molar-refractivity contribution >= 4 is 45.2 Å². The van der Waals surface area contributed by atoms with Crippen LogP contribution in [-0.2, 0) is 10.8 Å². The maximum absolute atomic E-state index is 13.2. The van der Waals surface area contributed by atoms with E-state index in [1.807, 2.05) is 36.4 Å². The highest BCUT2D eigenvalue weighted by atomic mass is 31.2. The van der Waals surface area contributed by atoms with Gasteiger partial charge in [0.25, 0.3) is 0 Å². The van der Waals surface area contributed by atoms with Crippen LogP contribution in [-0.4, -0.2) is 9.46 Å². The molecule has 10 rings (SSSR count). The van der Waals surface area contributed by atoms with Gasteiger partial charge in [-0.15, -0.1) is 0 Å². The Bertz CT molecular complexity index is 2560. The fourth-order valence-corrected chi connectivity index (χ4v) is 12.0. The van der Waals surface area contributed by atoms with Crippen molar-refractivity contribution in [3.8, 4) is 5.69 Å². The molecule has 0 radical (unpaired) electrons. The van der Waals surface area contributed by atoms with Gasteiger partial charge in [0, 0.05) is 16.2 Å². The van der Waals surface area contributed by atoms with E-state index in [1.165, 1.54) is 60.9 Å². The van der Waals surface area contributed by atoms with Gasteiger partial charge in [-0.3, -0.25) is 0 Å². The Morgan fingerprint density at radius 3 is 1.73 bits per heavy atom. The molecule has 2 aliphatic rings. The fraction of sp³-hybridized carbons (Fsp3) is 0.0870. The summed E-state index contributed by atoms with van der Waals surface area (Å²) in [4.78, 5) is 13.2. The van der Waals surface area contributed by atoms with Crippen LogP contribution in [0.15, 0.2) is 170 Å². The molecular weight excluding hydrogens is 613 g/mol. The zero-order valence-corrected chi connectivity index (χ0v) is 28.4. The van der Waals surface area contributed by atoms with E-state index in [9.17, 15) is 4.89 Å². The Labute approximate surface area is 287 Å². The van der Waals surface area contributed by atoms with Gasteiger partial charge >= 0.3 is 0 Å². The van der Waals surface area contributed by atoms with Gasteiger partial charge in [0.15, 0.2) is 0 Å². The number of benzene rings is 7. The first kappa shape index (κ1) is 28.7. The molecule has 0 fully saturated rings. The van der Waals surface area contributed by atoms with Crippen molar-refractivity contribution in [1.29, 1.82) is 0 Å². The van der Waals surface area contributed by atoms with Crippen LogP contribution in [0.2, 0.25) is 0 Å².